The molecule has 0 saturated heterocycles. The second-order valence-corrected chi connectivity index (χ2v) is 4.68. The second kappa shape index (κ2) is 5.80. The van der Waals surface area contributed by atoms with E-state index in [2.05, 4.69) is 19.1 Å². The van der Waals surface area contributed by atoms with Gasteiger partial charge in [0.05, 0.1) is 19.1 Å². The van der Waals surface area contributed by atoms with Crippen LogP contribution >= 0.6 is 0 Å². The fourth-order valence-corrected chi connectivity index (χ4v) is 2.43. The Morgan fingerprint density at radius 2 is 2.11 bits per heavy atom. The normalized spacial score (nSPS) is 23.0. The van der Waals surface area contributed by atoms with Crippen LogP contribution in [-0.4, -0.2) is 18.8 Å². The van der Waals surface area contributed by atoms with Gasteiger partial charge in [0.15, 0.2) is 0 Å². The van der Waals surface area contributed by atoms with E-state index in [1.807, 2.05) is 18.2 Å². The number of esters is 1. The van der Waals surface area contributed by atoms with Crippen LogP contribution in [-0.2, 0) is 9.53 Å². The van der Waals surface area contributed by atoms with Gasteiger partial charge in [0.25, 0.3) is 0 Å². The quantitative estimate of drug-likeness (QED) is 0.767. The molecule has 0 radical (unpaired) electrons. The molecule has 0 spiro atoms. The molecular formula is C15H19NO2. The van der Waals surface area contributed by atoms with E-state index in [0.717, 1.165) is 25.0 Å². The van der Waals surface area contributed by atoms with Crippen LogP contribution in [0.1, 0.15) is 37.8 Å². The third kappa shape index (κ3) is 2.78. The molecule has 2 atom stereocenters. The highest BCUT2D eigenvalue weighted by Gasteiger charge is 2.30. The molecule has 3 heteroatoms. The van der Waals surface area contributed by atoms with E-state index < -0.39 is 0 Å². The first-order chi connectivity index (χ1) is 8.72. The van der Waals surface area contributed by atoms with Crippen LogP contribution in [0, 0.1) is 5.92 Å². The first kappa shape index (κ1) is 12.8. The second-order valence-electron chi connectivity index (χ2n) is 4.68. The number of hydrogen-bond donors (Lipinski definition) is 0. The summed E-state index contributed by atoms with van der Waals surface area (Å²) in [4.78, 5) is 16.4. The van der Waals surface area contributed by atoms with Gasteiger partial charge in [0.2, 0.25) is 0 Å². The van der Waals surface area contributed by atoms with Crippen LogP contribution in [0.2, 0.25) is 0 Å². The predicted molar refractivity (Wildman–Crippen MR) is 71.6 cm³/mol. The van der Waals surface area contributed by atoms with Crippen molar-refractivity contribution in [3.8, 4) is 0 Å². The molecule has 96 valence electrons. The lowest BCUT2D eigenvalue weighted by Gasteiger charge is -2.12. The van der Waals surface area contributed by atoms with Gasteiger partial charge in [-0.15, -0.1) is 0 Å². The van der Waals surface area contributed by atoms with Crippen molar-refractivity contribution in [2.75, 3.05) is 7.11 Å². The molecule has 18 heavy (non-hydrogen) atoms. The predicted octanol–water partition coefficient (Wildman–Crippen LogP) is 3.16. The molecule has 0 aromatic heterocycles. The van der Waals surface area contributed by atoms with E-state index in [0.29, 0.717) is 0 Å². The minimum absolute atomic E-state index is 0.103. The van der Waals surface area contributed by atoms with E-state index in [1.54, 1.807) is 0 Å². The van der Waals surface area contributed by atoms with E-state index in [1.165, 1.54) is 12.7 Å². The van der Waals surface area contributed by atoms with E-state index in [4.69, 9.17) is 9.73 Å². The van der Waals surface area contributed by atoms with Gasteiger partial charge in [0, 0.05) is 5.71 Å². The maximum Gasteiger partial charge on any atom is 0.314 e. The van der Waals surface area contributed by atoms with Crippen molar-refractivity contribution >= 4 is 11.7 Å². The summed E-state index contributed by atoms with van der Waals surface area (Å²) in [6.07, 6.45) is 2.81. The smallest absolute Gasteiger partial charge is 0.314 e. The van der Waals surface area contributed by atoms with Gasteiger partial charge in [-0.05, 0) is 31.7 Å². The molecular weight excluding hydrogens is 226 g/mol. The fourth-order valence-electron chi connectivity index (χ4n) is 2.43. The molecule has 0 aliphatic heterocycles. The molecule has 0 bridgehead atoms. The minimum atomic E-state index is -0.147. The molecule has 1 aromatic carbocycles. The first-order valence-corrected chi connectivity index (χ1v) is 6.41. The van der Waals surface area contributed by atoms with Crippen LogP contribution in [0.4, 0.5) is 0 Å². The molecule has 1 aliphatic rings. The Morgan fingerprint density at radius 1 is 1.39 bits per heavy atom. The van der Waals surface area contributed by atoms with Crippen molar-refractivity contribution < 1.29 is 9.53 Å². The van der Waals surface area contributed by atoms with Crippen LogP contribution in [0.5, 0.6) is 0 Å². The molecule has 0 heterocycles. The van der Waals surface area contributed by atoms with E-state index in [9.17, 15) is 4.79 Å². The van der Waals surface area contributed by atoms with Crippen molar-refractivity contribution in [2.24, 2.45) is 10.9 Å². The molecule has 3 nitrogen and oxygen atoms in total. The molecule has 0 N–H and O–H groups in total. The van der Waals surface area contributed by atoms with Gasteiger partial charge in [0.1, 0.15) is 0 Å². The maximum atomic E-state index is 11.6. The molecule has 1 aliphatic carbocycles. The highest BCUT2D eigenvalue weighted by molar-refractivity contribution is 6.03. The molecule has 2 rings (SSSR count). The van der Waals surface area contributed by atoms with Crippen molar-refractivity contribution in [2.45, 2.75) is 32.2 Å². The topological polar surface area (TPSA) is 38.7 Å². The van der Waals surface area contributed by atoms with Crippen LogP contribution in [0.25, 0.3) is 0 Å². The SMILES string of the molecule is COC(=O)C1CCCC1=N[C@H](C)c1ccccc1. The number of carbonyl (C=O) groups is 1. The average molecular weight is 245 g/mol. The lowest BCUT2D eigenvalue weighted by molar-refractivity contribution is -0.142. The third-order valence-electron chi connectivity index (χ3n) is 3.46. The van der Waals surface area contributed by atoms with Crippen molar-refractivity contribution in [3.63, 3.8) is 0 Å². The Morgan fingerprint density at radius 3 is 2.78 bits per heavy atom. The summed E-state index contributed by atoms with van der Waals surface area (Å²) in [5, 5.41) is 0. The lowest BCUT2D eigenvalue weighted by Crippen LogP contribution is -2.20. The van der Waals surface area contributed by atoms with Crippen LogP contribution in [0.15, 0.2) is 35.3 Å². The van der Waals surface area contributed by atoms with Gasteiger partial charge >= 0.3 is 5.97 Å². The minimum Gasteiger partial charge on any atom is -0.469 e. The Bertz CT molecular complexity index is 439. The Kier molecular flexibility index (Phi) is 4.13. The van der Waals surface area contributed by atoms with E-state index in [-0.39, 0.29) is 17.9 Å². The number of benzene rings is 1. The standard InChI is InChI=1S/C15H19NO2/c1-11(12-7-4-3-5-8-12)16-14-10-6-9-13(14)15(17)18-2/h3-5,7-8,11,13H,6,9-10H2,1-2H3/t11-,13?/m1/s1. The third-order valence-corrected chi connectivity index (χ3v) is 3.46. The lowest BCUT2D eigenvalue weighted by atomic mass is 10.1. The molecule has 1 fully saturated rings. The monoisotopic (exact) mass is 245 g/mol. The zero-order valence-electron chi connectivity index (χ0n) is 10.9. The Labute approximate surface area is 108 Å². The summed E-state index contributed by atoms with van der Waals surface area (Å²) in [6, 6.07) is 10.3. The fraction of sp³-hybridized carbons (Fsp3) is 0.467. The Balaban J connectivity index is 2.15. The number of hydrogen-bond acceptors (Lipinski definition) is 3. The molecule has 1 unspecified atom stereocenters. The highest BCUT2D eigenvalue weighted by atomic mass is 16.5. The summed E-state index contributed by atoms with van der Waals surface area (Å²) in [5.41, 5.74) is 2.18. The number of aliphatic imine (C=N–C) groups is 1. The first-order valence-electron chi connectivity index (χ1n) is 6.41. The number of carbonyl (C=O) groups excluding carboxylic acids is 1. The van der Waals surface area contributed by atoms with Gasteiger partial charge < -0.3 is 4.74 Å². The number of ether oxygens (including phenoxy) is 1. The highest BCUT2D eigenvalue weighted by Crippen LogP contribution is 2.27. The average Bonchev–Trinajstić information content (AvgIpc) is 2.87. The van der Waals surface area contributed by atoms with Gasteiger partial charge in [-0.3, -0.25) is 9.79 Å². The number of nitrogens with zero attached hydrogens (tertiary/aromatic N) is 1. The molecule has 0 amide bonds. The van der Waals surface area contributed by atoms with Gasteiger partial charge in [-0.1, -0.05) is 30.3 Å². The van der Waals surface area contributed by atoms with Gasteiger partial charge in [-0.2, -0.15) is 0 Å². The van der Waals surface area contributed by atoms with Crippen molar-refractivity contribution in [1.29, 1.82) is 0 Å². The van der Waals surface area contributed by atoms with Crippen LogP contribution in [0.3, 0.4) is 0 Å². The van der Waals surface area contributed by atoms with Crippen molar-refractivity contribution in [1.82, 2.24) is 0 Å². The summed E-state index contributed by atoms with van der Waals surface area (Å²) < 4.78 is 4.83. The molecule has 1 aromatic rings. The number of methoxy groups -OCH3 is 1. The van der Waals surface area contributed by atoms with E-state index >= 15 is 0 Å². The number of rotatable bonds is 3. The van der Waals surface area contributed by atoms with Gasteiger partial charge in [-0.25, -0.2) is 0 Å². The summed E-state index contributed by atoms with van der Waals surface area (Å²) in [5.74, 6) is -0.271. The molecule has 1 saturated carbocycles. The van der Waals surface area contributed by atoms with Crippen molar-refractivity contribution in [3.05, 3.63) is 35.9 Å². The zero-order chi connectivity index (χ0) is 13.0. The van der Waals surface area contributed by atoms with Crippen LogP contribution < -0.4 is 0 Å². The maximum absolute atomic E-state index is 11.6. The zero-order valence-corrected chi connectivity index (χ0v) is 10.9. The summed E-state index contributed by atoms with van der Waals surface area (Å²) in [7, 11) is 1.44. The largest absolute Gasteiger partial charge is 0.469 e. The summed E-state index contributed by atoms with van der Waals surface area (Å²) in [6.45, 7) is 2.06. The Hall–Kier alpha value is -1.64. The summed E-state index contributed by atoms with van der Waals surface area (Å²) >= 11 is 0.